The molecule has 7 N–H and O–H groups in total. The number of nitrogens with two attached hydrogens (primary N) is 2. The van der Waals surface area contributed by atoms with Gasteiger partial charge >= 0.3 is 11.9 Å². The van der Waals surface area contributed by atoms with Gasteiger partial charge in [0.25, 0.3) is 0 Å². The van der Waals surface area contributed by atoms with E-state index in [1.54, 1.807) is 0 Å². The van der Waals surface area contributed by atoms with Crippen LogP contribution in [0.1, 0.15) is 6.92 Å². The lowest BCUT2D eigenvalue weighted by Gasteiger charge is -2.03. The number of nitrogens with one attached hydrogen (secondary N) is 1. The largest absolute Gasteiger partial charge is 0.480 e. The molecule has 0 aromatic rings. The number of amides is 1. The Kier molecular flexibility index (Phi) is 9.37. The van der Waals surface area contributed by atoms with E-state index in [4.69, 9.17) is 15.9 Å². The maximum absolute atomic E-state index is 10.5. The smallest absolute Gasteiger partial charge is 0.322 e. The van der Waals surface area contributed by atoms with Crippen molar-refractivity contribution in [3.05, 3.63) is 0 Å². The van der Waals surface area contributed by atoms with Crippen LogP contribution < -0.4 is 16.8 Å². The summed E-state index contributed by atoms with van der Waals surface area (Å²) in [7, 11) is 0. The Labute approximate surface area is 86.2 Å². The predicted molar refractivity (Wildman–Crippen MR) is 51.0 cm³/mol. The van der Waals surface area contributed by atoms with Gasteiger partial charge in [0, 0.05) is 0 Å². The summed E-state index contributed by atoms with van der Waals surface area (Å²) in [6.45, 7) is 0.831. The third-order valence-electron chi connectivity index (χ3n) is 1.00. The topological polar surface area (TPSA) is 156 Å². The average Bonchev–Trinajstić information content (AvgIpc) is 2.14. The first-order valence-corrected chi connectivity index (χ1v) is 3.98. The number of carbonyl (C=O) groups is 3. The first-order valence-electron chi connectivity index (χ1n) is 3.98. The molecular weight excluding hydrogens is 206 g/mol. The summed E-state index contributed by atoms with van der Waals surface area (Å²) in [4.78, 5) is 29.7. The lowest BCUT2D eigenvalue weighted by Crippen LogP contribution is -2.40. The number of hydrogen-bond donors (Lipinski definition) is 5. The maximum atomic E-state index is 10.5. The second kappa shape index (κ2) is 8.91. The minimum absolute atomic E-state index is 0.278. The van der Waals surface area contributed by atoms with Gasteiger partial charge in [-0.05, 0) is 6.92 Å². The number of aliphatic carboxylic acids is 2. The molecule has 0 aliphatic carbocycles. The molecule has 1 atom stereocenters. The second-order valence-corrected chi connectivity index (χ2v) is 2.50. The number of rotatable bonds is 4. The standard InChI is InChI=1S/C5H10N2O3.C2H5NO2/c1-3(6)5(10)7-2-4(8)9;3-1-2(4)5/h3H,2,6H2,1H3,(H,7,10)(H,8,9);1,3H2,(H,4,5)/t3-;/m0./s1. The minimum atomic E-state index is -1.07. The molecule has 0 saturated carbocycles. The summed E-state index contributed by atoms with van der Waals surface area (Å²) in [6.07, 6.45) is 0. The average molecular weight is 221 g/mol. The molecule has 15 heavy (non-hydrogen) atoms. The molecule has 0 bridgehead atoms. The van der Waals surface area contributed by atoms with E-state index in [-0.39, 0.29) is 13.1 Å². The number of carboxylic acids is 2. The summed E-state index contributed by atoms with van der Waals surface area (Å²) in [5.41, 5.74) is 9.69. The number of carboxylic acid groups (broad SMARTS) is 2. The van der Waals surface area contributed by atoms with E-state index in [1.165, 1.54) is 6.92 Å². The molecule has 8 nitrogen and oxygen atoms in total. The van der Waals surface area contributed by atoms with Gasteiger partial charge in [0.1, 0.15) is 6.54 Å². The highest BCUT2D eigenvalue weighted by molar-refractivity contribution is 5.84. The molecule has 0 saturated heterocycles. The summed E-state index contributed by atoms with van der Waals surface area (Å²) >= 11 is 0. The van der Waals surface area contributed by atoms with Crippen molar-refractivity contribution < 1.29 is 24.6 Å². The summed E-state index contributed by atoms with van der Waals surface area (Å²) in [5, 5.41) is 17.8. The first-order chi connectivity index (χ1) is 6.81. The van der Waals surface area contributed by atoms with Gasteiger partial charge in [-0.15, -0.1) is 0 Å². The van der Waals surface area contributed by atoms with Crippen molar-refractivity contribution in [2.75, 3.05) is 13.1 Å². The van der Waals surface area contributed by atoms with Gasteiger partial charge < -0.3 is 27.0 Å². The van der Waals surface area contributed by atoms with Gasteiger partial charge in [-0.25, -0.2) is 0 Å². The summed E-state index contributed by atoms with van der Waals surface area (Å²) in [5.74, 6) is -2.50. The normalized spacial score (nSPS) is 10.6. The Morgan fingerprint density at radius 2 is 1.67 bits per heavy atom. The summed E-state index contributed by atoms with van der Waals surface area (Å²) in [6, 6.07) is -0.653. The van der Waals surface area contributed by atoms with Crippen LogP contribution in [0.25, 0.3) is 0 Å². The fraction of sp³-hybridized carbons (Fsp3) is 0.571. The molecule has 0 aromatic carbocycles. The van der Waals surface area contributed by atoms with Crippen LogP contribution >= 0.6 is 0 Å². The van der Waals surface area contributed by atoms with E-state index in [9.17, 15) is 14.4 Å². The van der Waals surface area contributed by atoms with Crippen molar-refractivity contribution >= 4 is 17.8 Å². The highest BCUT2D eigenvalue weighted by Crippen LogP contribution is 1.73. The number of carbonyl (C=O) groups excluding carboxylic acids is 1. The lowest BCUT2D eigenvalue weighted by molar-refractivity contribution is -0.138. The molecule has 0 rings (SSSR count). The van der Waals surface area contributed by atoms with E-state index in [1.807, 2.05) is 0 Å². The van der Waals surface area contributed by atoms with Crippen LogP contribution in [0.3, 0.4) is 0 Å². The zero-order valence-electron chi connectivity index (χ0n) is 8.27. The predicted octanol–water partition coefficient (Wildman–Crippen LogP) is -2.44. The molecule has 0 spiro atoms. The third-order valence-corrected chi connectivity index (χ3v) is 1.00. The van der Waals surface area contributed by atoms with Crippen molar-refractivity contribution in [1.29, 1.82) is 0 Å². The Hall–Kier alpha value is -1.67. The van der Waals surface area contributed by atoms with Gasteiger partial charge in [-0.2, -0.15) is 0 Å². The molecule has 0 aliphatic rings. The highest BCUT2D eigenvalue weighted by Gasteiger charge is 2.07. The van der Waals surface area contributed by atoms with Crippen molar-refractivity contribution in [2.45, 2.75) is 13.0 Å². The van der Waals surface area contributed by atoms with Crippen LogP contribution in [0.15, 0.2) is 0 Å². The van der Waals surface area contributed by atoms with Gasteiger partial charge in [-0.1, -0.05) is 0 Å². The fourth-order valence-corrected chi connectivity index (χ4v) is 0.324. The zero-order valence-corrected chi connectivity index (χ0v) is 8.27. The minimum Gasteiger partial charge on any atom is -0.480 e. The Morgan fingerprint density at radius 1 is 1.27 bits per heavy atom. The highest BCUT2D eigenvalue weighted by atomic mass is 16.4. The van der Waals surface area contributed by atoms with E-state index in [2.05, 4.69) is 11.1 Å². The Balaban J connectivity index is 0. The fourth-order valence-electron chi connectivity index (χ4n) is 0.324. The second-order valence-electron chi connectivity index (χ2n) is 2.50. The molecule has 0 fully saturated rings. The Bertz CT molecular complexity index is 229. The monoisotopic (exact) mass is 221 g/mol. The molecule has 0 aromatic heterocycles. The van der Waals surface area contributed by atoms with Crippen LogP contribution in [0.2, 0.25) is 0 Å². The van der Waals surface area contributed by atoms with Crippen molar-refractivity contribution in [3.8, 4) is 0 Å². The van der Waals surface area contributed by atoms with Crippen LogP contribution in [-0.2, 0) is 14.4 Å². The van der Waals surface area contributed by atoms with Gasteiger partial charge in [-0.3, -0.25) is 14.4 Å². The molecular formula is C7H15N3O5. The third kappa shape index (κ3) is 15.1. The van der Waals surface area contributed by atoms with E-state index >= 15 is 0 Å². The summed E-state index contributed by atoms with van der Waals surface area (Å²) < 4.78 is 0. The first kappa shape index (κ1) is 15.8. The molecule has 0 aliphatic heterocycles. The van der Waals surface area contributed by atoms with E-state index in [0.29, 0.717) is 0 Å². The van der Waals surface area contributed by atoms with Gasteiger partial charge in [0.2, 0.25) is 5.91 Å². The van der Waals surface area contributed by atoms with E-state index < -0.39 is 23.9 Å². The van der Waals surface area contributed by atoms with Gasteiger partial charge in [0.15, 0.2) is 0 Å². The van der Waals surface area contributed by atoms with Crippen LogP contribution in [0.5, 0.6) is 0 Å². The van der Waals surface area contributed by atoms with Crippen LogP contribution in [0, 0.1) is 0 Å². The maximum Gasteiger partial charge on any atom is 0.322 e. The van der Waals surface area contributed by atoms with Crippen LogP contribution in [-0.4, -0.2) is 47.2 Å². The SMILES string of the molecule is C[C@H](N)C(=O)NCC(=O)O.NCC(=O)O. The molecule has 0 radical (unpaired) electrons. The Morgan fingerprint density at radius 3 is 1.87 bits per heavy atom. The molecule has 88 valence electrons. The lowest BCUT2D eigenvalue weighted by atomic mass is 10.3. The van der Waals surface area contributed by atoms with Crippen molar-refractivity contribution in [3.63, 3.8) is 0 Å². The molecule has 1 amide bonds. The molecule has 8 heteroatoms. The molecule has 0 unspecified atom stereocenters. The zero-order chi connectivity index (χ0) is 12.4. The number of hydrogen-bond acceptors (Lipinski definition) is 5. The van der Waals surface area contributed by atoms with Gasteiger partial charge in [0.05, 0.1) is 12.6 Å². The van der Waals surface area contributed by atoms with Crippen LogP contribution in [0.4, 0.5) is 0 Å². The van der Waals surface area contributed by atoms with E-state index in [0.717, 1.165) is 0 Å². The van der Waals surface area contributed by atoms with Crippen molar-refractivity contribution in [1.82, 2.24) is 5.32 Å². The quantitative estimate of drug-likeness (QED) is 0.353. The molecule has 0 heterocycles. The van der Waals surface area contributed by atoms with Crippen molar-refractivity contribution in [2.24, 2.45) is 11.5 Å².